The van der Waals surface area contributed by atoms with Gasteiger partial charge >= 0.3 is 0 Å². The molecule has 1 radical (unpaired) electrons. The number of ether oxygens (including phenoxy) is 1. The van der Waals surface area contributed by atoms with Gasteiger partial charge in [0.1, 0.15) is 17.1 Å². The van der Waals surface area contributed by atoms with Crippen LogP contribution in [0.2, 0.25) is 0 Å². The molecule has 8 heteroatoms. The number of hydrogen-bond acceptors (Lipinski definition) is 3. The van der Waals surface area contributed by atoms with Crippen molar-refractivity contribution in [2.75, 3.05) is 13.1 Å². The van der Waals surface area contributed by atoms with Gasteiger partial charge in [0.2, 0.25) is 0 Å². The Hall–Kier alpha value is -3.94. The lowest BCUT2D eigenvalue weighted by Gasteiger charge is -2.18. The maximum Gasteiger partial charge on any atom is 0.274 e. The average Bonchev–Trinajstić information content (AvgIpc) is 3.50. The van der Waals surface area contributed by atoms with Crippen molar-refractivity contribution in [1.29, 1.82) is 0 Å². The number of nitrogens with zero attached hydrogens (tertiary/aromatic N) is 2. The Balaban J connectivity index is 1.68. The van der Waals surface area contributed by atoms with Crippen LogP contribution in [0, 0.1) is 18.1 Å². The van der Waals surface area contributed by atoms with Crippen molar-refractivity contribution in [2.45, 2.75) is 6.42 Å². The summed E-state index contributed by atoms with van der Waals surface area (Å²) in [5, 5.41) is 0.640. The second kappa shape index (κ2) is 8.20. The van der Waals surface area contributed by atoms with Crippen molar-refractivity contribution in [2.24, 2.45) is 7.05 Å². The van der Waals surface area contributed by atoms with E-state index in [2.05, 4.69) is 4.98 Å². The highest BCUT2D eigenvalue weighted by atomic mass is 19.1. The van der Waals surface area contributed by atoms with E-state index in [4.69, 9.17) is 4.74 Å². The third-order valence-electron chi connectivity index (χ3n) is 5.76. The number of carbonyl (C=O) groups excluding carboxylic acids is 1. The summed E-state index contributed by atoms with van der Waals surface area (Å²) in [7, 11) is 1.63. The molecular formula is C25H20F2N3O3. The first kappa shape index (κ1) is 20.9. The molecule has 0 spiro atoms. The standard InChI is InChI=1S/C25H20F2N3O3/c1-29-14-19(17-8-9-28-23(17)25(29)32)18-12-15(24(31)30-10-2-3-11-30)4-6-21(18)33-22-7-5-16(26)13-20(22)27/h2,4-9,12-14,28H,3,10-11H2,1H3. The summed E-state index contributed by atoms with van der Waals surface area (Å²) in [6.07, 6.45) is 6.20. The third kappa shape index (κ3) is 3.77. The van der Waals surface area contributed by atoms with Gasteiger partial charge in [-0.3, -0.25) is 9.59 Å². The molecule has 3 heterocycles. The van der Waals surface area contributed by atoms with Gasteiger partial charge in [-0.15, -0.1) is 0 Å². The van der Waals surface area contributed by atoms with Crippen LogP contribution in [0.1, 0.15) is 16.8 Å². The number of hydrogen-bond donors (Lipinski definition) is 1. The number of carbonyl (C=O) groups is 1. The molecule has 2 aromatic carbocycles. The fraction of sp³-hybridized carbons (Fsp3) is 0.160. The first-order valence-electron chi connectivity index (χ1n) is 10.5. The number of likely N-dealkylation sites (tertiary alicyclic amines) is 1. The topological polar surface area (TPSA) is 67.3 Å². The molecule has 1 aliphatic heterocycles. The lowest BCUT2D eigenvalue weighted by Crippen LogP contribution is -2.27. The van der Waals surface area contributed by atoms with E-state index in [1.807, 2.05) is 6.42 Å². The van der Waals surface area contributed by atoms with E-state index in [9.17, 15) is 18.4 Å². The van der Waals surface area contributed by atoms with Gasteiger partial charge < -0.3 is 19.2 Å². The van der Waals surface area contributed by atoms with Crippen LogP contribution in [0.4, 0.5) is 8.78 Å². The van der Waals surface area contributed by atoms with Gasteiger partial charge in [-0.1, -0.05) is 0 Å². The van der Waals surface area contributed by atoms with Gasteiger partial charge in [-0.05, 0) is 49.2 Å². The van der Waals surface area contributed by atoms with E-state index in [1.54, 1.807) is 48.6 Å². The number of H-pyrrole nitrogens is 1. The van der Waals surface area contributed by atoms with E-state index >= 15 is 0 Å². The molecule has 1 saturated heterocycles. The van der Waals surface area contributed by atoms with Gasteiger partial charge in [-0.25, -0.2) is 8.78 Å². The second-order valence-corrected chi connectivity index (χ2v) is 7.94. The van der Waals surface area contributed by atoms with Crippen molar-refractivity contribution in [3.05, 3.63) is 88.8 Å². The fourth-order valence-electron chi connectivity index (χ4n) is 4.08. The summed E-state index contributed by atoms with van der Waals surface area (Å²) >= 11 is 0. The largest absolute Gasteiger partial charge is 0.454 e. The maximum absolute atomic E-state index is 14.3. The third-order valence-corrected chi connectivity index (χ3v) is 5.76. The molecule has 0 bridgehead atoms. The van der Waals surface area contributed by atoms with Gasteiger partial charge in [0.15, 0.2) is 11.6 Å². The summed E-state index contributed by atoms with van der Waals surface area (Å²) in [4.78, 5) is 30.2. The number of rotatable bonds is 4. The molecule has 0 unspecified atom stereocenters. The zero-order valence-corrected chi connectivity index (χ0v) is 17.8. The van der Waals surface area contributed by atoms with Crippen LogP contribution in [0.15, 0.2) is 59.7 Å². The zero-order chi connectivity index (χ0) is 23.1. The molecule has 1 N–H and O–H groups in total. The van der Waals surface area contributed by atoms with Crippen molar-refractivity contribution in [3.63, 3.8) is 0 Å². The Morgan fingerprint density at radius 2 is 1.88 bits per heavy atom. The number of aromatic amines is 1. The Bertz CT molecular complexity index is 1430. The number of aromatic nitrogens is 2. The summed E-state index contributed by atoms with van der Waals surface area (Å²) in [6, 6.07) is 9.72. The highest BCUT2D eigenvalue weighted by molar-refractivity contribution is 6.00. The lowest BCUT2D eigenvalue weighted by atomic mass is 9.99. The minimum absolute atomic E-state index is 0.125. The monoisotopic (exact) mass is 448 g/mol. The Morgan fingerprint density at radius 1 is 1.06 bits per heavy atom. The number of fused-ring (bicyclic) bond motifs is 1. The molecule has 1 aliphatic rings. The van der Waals surface area contributed by atoms with Crippen molar-refractivity contribution < 1.29 is 18.3 Å². The maximum atomic E-state index is 14.3. The van der Waals surface area contributed by atoms with Gasteiger partial charge in [0.25, 0.3) is 11.5 Å². The molecule has 0 aliphatic carbocycles. The van der Waals surface area contributed by atoms with E-state index < -0.39 is 11.6 Å². The Morgan fingerprint density at radius 3 is 2.64 bits per heavy atom. The zero-order valence-electron chi connectivity index (χ0n) is 17.8. The van der Waals surface area contributed by atoms with Crippen molar-refractivity contribution in [1.82, 2.24) is 14.5 Å². The highest BCUT2D eigenvalue weighted by Crippen LogP contribution is 2.38. The number of benzene rings is 2. The molecule has 6 nitrogen and oxygen atoms in total. The minimum atomic E-state index is -0.846. The van der Waals surface area contributed by atoms with E-state index in [0.29, 0.717) is 40.7 Å². The SMILES string of the molecule is Cn1cc(-c2cc(C(=O)N3C[CH]CC3)ccc2Oc2ccc(F)cc2F)c2cc[nH]c2c1=O. The number of halogens is 2. The number of pyridine rings is 1. The smallest absolute Gasteiger partial charge is 0.274 e. The Kier molecular flexibility index (Phi) is 5.20. The van der Waals surface area contributed by atoms with Crippen LogP contribution in [-0.2, 0) is 7.05 Å². The highest BCUT2D eigenvalue weighted by Gasteiger charge is 2.23. The second-order valence-electron chi connectivity index (χ2n) is 7.94. The van der Waals surface area contributed by atoms with E-state index in [1.165, 1.54) is 10.6 Å². The molecule has 0 atom stereocenters. The Labute approximate surface area is 188 Å². The summed E-state index contributed by atoms with van der Waals surface area (Å²) in [5.41, 5.74) is 1.79. The van der Waals surface area contributed by atoms with Crippen LogP contribution < -0.4 is 10.3 Å². The van der Waals surface area contributed by atoms with Crippen LogP contribution in [0.3, 0.4) is 0 Å². The molecule has 167 valence electrons. The predicted octanol–water partition coefficient (Wildman–Crippen LogP) is 4.65. The lowest BCUT2D eigenvalue weighted by molar-refractivity contribution is 0.0796. The van der Waals surface area contributed by atoms with Crippen molar-refractivity contribution >= 4 is 16.8 Å². The quantitative estimate of drug-likeness (QED) is 0.494. The summed E-state index contributed by atoms with van der Waals surface area (Å²) in [5.74, 6) is -1.57. The predicted molar refractivity (Wildman–Crippen MR) is 120 cm³/mol. The van der Waals surface area contributed by atoms with Gasteiger partial charge in [0.05, 0.1) is 0 Å². The van der Waals surface area contributed by atoms with E-state index in [0.717, 1.165) is 18.6 Å². The number of nitrogens with one attached hydrogen (secondary N) is 1. The summed E-state index contributed by atoms with van der Waals surface area (Å²) in [6.45, 7) is 1.23. The molecule has 2 aromatic heterocycles. The summed E-state index contributed by atoms with van der Waals surface area (Å²) < 4.78 is 35.0. The number of amides is 1. The molecule has 4 aromatic rings. The molecular weight excluding hydrogens is 428 g/mol. The number of aryl methyl sites for hydroxylation is 1. The molecule has 0 saturated carbocycles. The van der Waals surface area contributed by atoms with E-state index in [-0.39, 0.29) is 23.0 Å². The van der Waals surface area contributed by atoms with Crippen LogP contribution in [-0.4, -0.2) is 33.4 Å². The van der Waals surface area contributed by atoms with Gasteiger partial charge in [0, 0.05) is 60.7 Å². The molecule has 1 fully saturated rings. The molecule has 33 heavy (non-hydrogen) atoms. The normalized spacial score (nSPS) is 13.6. The average molecular weight is 448 g/mol. The molecule has 1 amide bonds. The first-order valence-corrected chi connectivity index (χ1v) is 10.5. The van der Waals surface area contributed by atoms with Crippen LogP contribution >= 0.6 is 0 Å². The fourth-order valence-corrected chi connectivity index (χ4v) is 4.08. The van der Waals surface area contributed by atoms with Crippen LogP contribution in [0.25, 0.3) is 22.0 Å². The molecule has 5 rings (SSSR count). The first-order chi connectivity index (χ1) is 15.9. The van der Waals surface area contributed by atoms with Gasteiger partial charge in [-0.2, -0.15) is 0 Å². The van der Waals surface area contributed by atoms with Crippen LogP contribution in [0.5, 0.6) is 11.5 Å². The van der Waals surface area contributed by atoms with Crippen molar-refractivity contribution in [3.8, 4) is 22.6 Å². The minimum Gasteiger partial charge on any atom is -0.454 e.